The van der Waals surface area contributed by atoms with Gasteiger partial charge in [-0.3, -0.25) is 19.7 Å². The summed E-state index contributed by atoms with van der Waals surface area (Å²) in [6, 6.07) is 8.01. The Kier molecular flexibility index (Phi) is 5.00. The molecule has 2 aromatic rings. The molecular weight excluding hydrogens is 338 g/mol. The van der Waals surface area contributed by atoms with Crippen LogP contribution in [0.5, 0.6) is 5.75 Å². The third-order valence-electron chi connectivity index (χ3n) is 3.16. The van der Waals surface area contributed by atoms with Crippen LogP contribution in [-0.2, 0) is 6.61 Å². The predicted molar refractivity (Wildman–Crippen MR) is 85.9 cm³/mol. The maximum atomic E-state index is 11.4. The van der Waals surface area contributed by atoms with Crippen molar-refractivity contribution in [3.05, 3.63) is 68.2 Å². The van der Waals surface area contributed by atoms with E-state index in [0.717, 1.165) is 6.07 Å². The molecule has 0 spiro atoms. The van der Waals surface area contributed by atoms with Gasteiger partial charge in [-0.1, -0.05) is 11.6 Å². The van der Waals surface area contributed by atoms with Gasteiger partial charge in [0, 0.05) is 16.7 Å². The molecule has 0 aromatic heterocycles. The first-order valence-electron chi connectivity index (χ1n) is 6.59. The second kappa shape index (κ2) is 6.97. The number of rotatable bonds is 6. The summed E-state index contributed by atoms with van der Waals surface area (Å²) in [7, 11) is 0. The number of nitrogens with two attached hydrogens (primary N) is 2. The smallest absolute Gasteiger partial charge is 0.276 e. The van der Waals surface area contributed by atoms with Gasteiger partial charge in [0.05, 0.1) is 16.1 Å². The summed E-state index contributed by atoms with van der Waals surface area (Å²) in [6.45, 7) is -0.226. The number of nitrogens with zero attached hydrogens (tertiary/aromatic N) is 1. The molecule has 8 nitrogen and oxygen atoms in total. The minimum absolute atomic E-state index is 0.00558. The molecule has 0 atom stereocenters. The average molecular weight is 350 g/mol. The summed E-state index contributed by atoms with van der Waals surface area (Å²) < 4.78 is 5.45. The van der Waals surface area contributed by atoms with Crippen LogP contribution in [0, 0.1) is 10.1 Å². The van der Waals surface area contributed by atoms with Crippen LogP contribution in [0.25, 0.3) is 0 Å². The number of ether oxygens (including phenoxy) is 1. The monoisotopic (exact) mass is 349 g/mol. The van der Waals surface area contributed by atoms with Crippen molar-refractivity contribution < 1.29 is 19.2 Å². The first kappa shape index (κ1) is 17.2. The third-order valence-corrected chi connectivity index (χ3v) is 3.39. The van der Waals surface area contributed by atoms with Gasteiger partial charge in [-0.15, -0.1) is 0 Å². The topological polar surface area (TPSA) is 139 Å². The molecule has 2 rings (SSSR count). The van der Waals surface area contributed by atoms with E-state index in [4.69, 9.17) is 27.8 Å². The van der Waals surface area contributed by atoms with E-state index in [1.54, 1.807) is 0 Å². The third kappa shape index (κ3) is 3.79. The fourth-order valence-electron chi connectivity index (χ4n) is 1.98. The van der Waals surface area contributed by atoms with Crippen LogP contribution < -0.4 is 16.2 Å². The molecule has 0 aliphatic carbocycles. The molecule has 0 fully saturated rings. The van der Waals surface area contributed by atoms with Gasteiger partial charge < -0.3 is 16.2 Å². The Balaban J connectivity index is 2.33. The highest BCUT2D eigenvalue weighted by atomic mass is 35.5. The van der Waals surface area contributed by atoms with E-state index < -0.39 is 16.7 Å². The van der Waals surface area contributed by atoms with Crippen LogP contribution in [0.15, 0.2) is 36.4 Å². The van der Waals surface area contributed by atoms with E-state index in [1.165, 1.54) is 30.3 Å². The Labute approximate surface area is 141 Å². The van der Waals surface area contributed by atoms with Crippen LogP contribution in [0.2, 0.25) is 5.02 Å². The lowest BCUT2D eigenvalue weighted by Gasteiger charge is -2.11. The van der Waals surface area contributed by atoms with Crippen molar-refractivity contribution in [3.8, 4) is 5.75 Å². The van der Waals surface area contributed by atoms with Crippen LogP contribution in [0.3, 0.4) is 0 Å². The molecule has 0 saturated heterocycles. The van der Waals surface area contributed by atoms with Gasteiger partial charge in [-0.25, -0.2) is 0 Å². The van der Waals surface area contributed by atoms with E-state index in [0.29, 0.717) is 5.02 Å². The lowest BCUT2D eigenvalue weighted by molar-refractivity contribution is -0.385. The highest BCUT2D eigenvalue weighted by molar-refractivity contribution is 6.30. The van der Waals surface area contributed by atoms with Gasteiger partial charge in [0.1, 0.15) is 12.4 Å². The first-order valence-corrected chi connectivity index (χ1v) is 6.96. The number of nitro groups is 1. The molecule has 0 heterocycles. The molecule has 2 aromatic carbocycles. The number of nitro benzene ring substituents is 1. The Bertz CT molecular complexity index is 838. The van der Waals surface area contributed by atoms with Crippen molar-refractivity contribution in [2.45, 2.75) is 6.61 Å². The quantitative estimate of drug-likeness (QED) is 0.606. The van der Waals surface area contributed by atoms with Crippen molar-refractivity contribution in [3.63, 3.8) is 0 Å². The Morgan fingerprint density at radius 1 is 1.12 bits per heavy atom. The fraction of sp³-hybridized carbons (Fsp3) is 0.0667. The number of halogens is 1. The normalized spacial score (nSPS) is 10.2. The Hall–Kier alpha value is -3.13. The van der Waals surface area contributed by atoms with E-state index in [2.05, 4.69) is 0 Å². The molecule has 0 unspecified atom stereocenters. The van der Waals surface area contributed by atoms with Crippen LogP contribution in [-0.4, -0.2) is 16.7 Å². The van der Waals surface area contributed by atoms with Gasteiger partial charge in [0.15, 0.2) is 0 Å². The minimum atomic E-state index is -0.781. The number of amides is 2. The SMILES string of the molecule is NC(=O)c1ccc(COc2cc(Cl)ccc2C(N)=O)c([N+](=O)[O-])c1. The molecule has 2 amide bonds. The van der Waals surface area contributed by atoms with Gasteiger partial charge >= 0.3 is 0 Å². The maximum absolute atomic E-state index is 11.4. The Morgan fingerprint density at radius 2 is 1.83 bits per heavy atom. The summed E-state index contributed by atoms with van der Waals surface area (Å²) in [5.74, 6) is -1.40. The molecule has 0 saturated carbocycles. The molecule has 124 valence electrons. The van der Waals surface area contributed by atoms with Crippen molar-refractivity contribution in [2.24, 2.45) is 11.5 Å². The Morgan fingerprint density at radius 3 is 2.42 bits per heavy atom. The number of benzene rings is 2. The second-order valence-corrected chi connectivity index (χ2v) is 5.19. The number of carbonyl (C=O) groups excluding carboxylic acids is 2. The first-order chi connectivity index (χ1) is 11.3. The summed E-state index contributed by atoms with van der Waals surface area (Å²) >= 11 is 5.85. The molecule has 9 heteroatoms. The maximum Gasteiger partial charge on any atom is 0.276 e. The summed E-state index contributed by atoms with van der Waals surface area (Å²) in [5, 5.41) is 11.5. The molecule has 24 heavy (non-hydrogen) atoms. The van der Waals surface area contributed by atoms with Crippen molar-refractivity contribution in [1.29, 1.82) is 0 Å². The van der Waals surface area contributed by atoms with E-state index in [9.17, 15) is 19.7 Å². The van der Waals surface area contributed by atoms with E-state index >= 15 is 0 Å². The largest absolute Gasteiger partial charge is 0.488 e. The van der Waals surface area contributed by atoms with E-state index in [-0.39, 0.29) is 34.7 Å². The summed E-state index contributed by atoms with van der Waals surface area (Å²) in [4.78, 5) is 33.0. The highest BCUT2D eigenvalue weighted by Gasteiger charge is 2.18. The van der Waals surface area contributed by atoms with Gasteiger partial charge in [0.25, 0.3) is 11.6 Å². The molecule has 0 radical (unpaired) electrons. The zero-order valence-corrected chi connectivity index (χ0v) is 12.9. The van der Waals surface area contributed by atoms with Gasteiger partial charge in [-0.05, 0) is 30.3 Å². The lowest BCUT2D eigenvalue weighted by Crippen LogP contribution is -2.14. The molecule has 0 aliphatic heterocycles. The van der Waals surface area contributed by atoms with E-state index in [1.807, 2.05) is 0 Å². The molecular formula is C15H12ClN3O5. The highest BCUT2D eigenvalue weighted by Crippen LogP contribution is 2.26. The molecule has 4 N–H and O–H groups in total. The minimum Gasteiger partial charge on any atom is -0.488 e. The fourth-order valence-corrected chi connectivity index (χ4v) is 2.15. The molecule has 0 aliphatic rings. The standard InChI is InChI=1S/C15H12ClN3O5/c16-10-3-4-11(15(18)21)13(6-10)24-7-9-2-1-8(14(17)20)5-12(9)19(22)23/h1-6H,7H2,(H2,17,20)(H2,18,21). The van der Waals surface area contributed by atoms with Crippen molar-refractivity contribution in [2.75, 3.05) is 0 Å². The lowest BCUT2D eigenvalue weighted by atomic mass is 10.1. The van der Waals surface area contributed by atoms with Crippen molar-refractivity contribution in [1.82, 2.24) is 0 Å². The zero-order chi connectivity index (χ0) is 17.9. The van der Waals surface area contributed by atoms with Gasteiger partial charge in [-0.2, -0.15) is 0 Å². The average Bonchev–Trinajstić information content (AvgIpc) is 2.52. The van der Waals surface area contributed by atoms with Crippen LogP contribution in [0.1, 0.15) is 26.3 Å². The molecule has 0 bridgehead atoms. The summed E-state index contributed by atoms with van der Waals surface area (Å²) in [5.41, 5.74) is 10.3. The van der Waals surface area contributed by atoms with Crippen molar-refractivity contribution >= 4 is 29.1 Å². The number of hydrogen-bond acceptors (Lipinski definition) is 5. The predicted octanol–water partition coefficient (Wildman–Crippen LogP) is 2.03. The van der Waals surface area contributed by atoms with Crippen LogP contribution in [0.4, 0.5) is 5.69 Å². The number of primary amides is 2. The van der Waals surface area contributed by atoms with Crippen LogP contribution >= 0.6 is 11.6 Å². The number of carbonyl (C=O) groups is 2. The van der Waals surface area contributed by atoms with Gasteiger partial charge in [0.2, 0.25) is 5.91 Å². The number of hydrogen-bond donors (Lipinski definition) is 2. The summed E-state index contributed by atoms with van der Waals surface area (Å²) in [6.07, 6.45) is 0. The second-order valence-electron chi connectivity index (χ2n) is 4.76. The zero-order valence-electron chi connectivity index (χ0n) is 12.2.